The zero-order chi connectivity index (χ0) is 31.0. The molecule has 5 N–H and O–H groups in total. The van der Waals surface area contributed by atoms with E-state index in [-0.39, 0.29) is 23.5 Å². The maximum Gasteiger partial charge on any atom is 0.323 e. The lowest BCUT2D eigenvalue weighted by Gasteiger charge is -2.58. The first-order chi connectivity index (χ1) is 20.6. The molecule has 43 heavy (non-hydrogen) atoms. The zero-order valence-electron chi connectivity index (χ0n) is 28.8. The van der Waals surface area contributed by atoms with Gasteiger partial charge in [0.2, 0.25) is 0 Å². The Kier molecular flexibility index (Phi) is 13.1. The summed E-state index contributed by atoms with van der Waals surface area (Å²) in [7, 11) is 0. The van der Waals surface area contributed by atoms with Crippen molar-refractivity contribution in [3.63, 3.8) is 0 Å². The van der Waals surface area contributed by atoms with E-state index in [0.29, 0.717) is 12.0 Å². The molecular formula is C38H69N3O2. The predicted octanol–water partition coefficient (Wildman–Crippen LogP) is 8.16. The summed E-state index contributed by atoms with van der Waals surface area (Å²) in [6.45, 7) is 14.8. The number of rotatable bonds is 17. The van der Waals surface area contributed by atoms with Crippen molar-refractivity contribution in [1.29, 1.82) is 0 Å². The van der Waals surface area contributed by atoms with Crippen molar-refractivity contribution in [2.75, 3.05) is 19.6 Å². The van der Waals surface area contributed by atoms with Crippen LogP contribution >= 0.6 is 0 Å². The van der Waals surface area contributed by atoms with Crippen LogP contribution in [0.15, 0.2) is 11.6 Å². The third kappa shape index (κ3) is 8.28. The van der Waals surface area contributed by atoms with Crippen molar-refractivity contribution >= 4 is 5.97 Å². The van der Waals surface area contributed by atoms with Crippen LogP contribution in [0.2, 0.25) is 0 Å². The minimum Gasteiger partial charge on any atom is -0.461 e. The van der Waals surface area contributed by atoms with E-state index in [9.17, 15) is 4.79 Å². The molecule has 0 aliphatic heterocycles. The van der Waals surface area contributed by atoms with Gasteiger partial charge < -0.3 is 21.5 Å². The van der Waals surface area contributed by atoms with E-state index in [1.807, 2.05) is 0 Å². The summed E-state index contributed by atoms with van der Waals surface area (Å²) in [5.41, 5.74) is 13.8. The second-order valence-electron chi connectivity index (χ2n) is 16.2. The molecule has 0 aromatic carbocycles. The predicted molar refractivity (Wildman–Crippen MR) is 181 cm³/mol. The summed E-state index contributed by atoms with van der Waals surface area (Å²) >= 11 is 0. The first-order valence-corrected chi connectivity index (χ1v) is 18.7. The highest BCUT2D eigenvalue weighted by atomic mass is 16.5. The Morgan fingerprint density at radius 1 is 0.907 bits per heavy atom. The van der Waals surface area contributed by atoms with E-state index in [1.165, 1.54) is 57.8 Å². The largest absolute Gasteiger partial charge is 0.461 e. The number of allylic oxidation sites excluding steroid dienone is 1. The van der Waals surface area contributed by atoms with Crippen molar-refractivity contribution in [3.8, 4) is 0 Å². The van der Waals surface area contributed by atoms with Gasteiger partial charge in [0, 0.05) is 6.42 Å². The minimum absolute atomic E-state index is 0.0199. The third-order valence-corrected chi connectivity index (χ3v) is 13.0. The SMILES string of the molecule is CC(C)CCC[C@@H](C)[C@H]1CC[C@H]2[C@@H]3CC=C4C[C@@H](OC(=O)[C@H](CCCN)NCCCCCCN)CC[C@]4(C)C3CC[C@]12C. The van der Waals surface area contributed by atoms with Gasteiger partial charge in [-0.15, -0.1) is 0 Å². The Bertz CT molecular complexity index is 904. The quantitative estimate of drug-likeness (QED) is 0.0891. The summed E-state index contributed by atoms with van der Waals surface area (Å²) in [6.07, 6.45) is 22.9. The van der Waals surface area contributed by atoms with Gasteiger partial charge in [-0.3, -0.25) is 4.79 Å². The molecule has 5 heteroatoms. The van der Waals surface area contributed by atoms with Gasteiger partial charge in [0.15, 0.2) is 0 Å². The molecule has 3 saturated carbocycles. The first kappa shape index (κ1) is 35.0. The number of unbranched alkanes of at least 4 members (excludes halogenated alkanes) is 3. The Balaban J connectivity index is 1.34. The van der Waals surface area contributed by atoms with Crippen LogP contribution in [0.25, 0.3) is 0 Å². The van der Waals surface area contributed by atoms with Crippen LogP contribution in [0.4, 0.5) is 0 Å². The fourth-order valence-corrected chi connectivity index (χ4v) is 10.5. The van der Waals surface area contributed by atoms with Gasteiger partial charge in [0.25, 0.3) is 0 Å². The molecule has 0 radical (unpaired) electrons. The lowest BCUT2D eigenvalue weighted by molar-refractivity contribution is -0.154. The van der Waals surface area contributed by atoms with Crippen LogP contribution in [0.1, 0.15) is 144 Å². The highest BCUT2D eigenvalue weighted by Gasteiger charge is 2.59. The second kappa shape index (κ2) is 16.1. The number of hydrogen-bond acceptors (Lipinski definition) is 5. The summed E-state index contributed by atoms with van der Waals surface area (Å²) in [6, 6.07) is -0.241. The fraction of sp³-hybridized carbons (Fsp3) is 0.921. The highest BCUT2D eigenvalue weighted by Crippen LogP contribution is 2.67. The summed E-state index contributed by atoms with van der Waals surface area (Å²) < 4.78 is 6.25. The molecule has 0 aromatic rings. The number of fused-ring (bicyclic) bond motifs is 5. The van der Waals surface area contributed by atoms with Gasteiger partial charge in [-0.2, -0.15) is 0 Å². The Morgan fingerprint density at radius 3 is 2.42 bits per heavy atom. The zero-order valence-corrected chi connectivity index (χ0v) is 28.8. The standard InChI is InChI=1S/C38H69N3O2/c1-27(2)12-10-13-28(3)32-17-18-33-31-16-15-29-26-30(19-21-37(29,4)34(31)20-22-38(32,33)5)43-36(42)35(14-11-24-40)41-25-9-7-6-8-23-39/h15,27-28,30-35,41H,6-14,16-26,39-40H2,1-5H3/t28-,30+,31+,32-,33+,34?,35+,37+,38-/m1/s1. The van der Waals surface area contributed by atoms with E-state index in [4.69, 9.17) is 16.2 Å². The maximum atomic E-state index is 13.3. The molecule has 0 saturated heterocycles. The molecule has 0 amide bonds. The maximum absolute atomic E-state index is 13.3. The summed E-state index contributed by atoms with van der Waals surface area (Å²) in [5, 5.41) is 3.50. The van der Waals surface area contributed by atoms with Gasteiger partial charge in [0.05, 0.1) is 0 Å². The minimum atomic E-state index is -0.241. The average Bonchev–Trinajstić information content (AvgIpc) is 3.33. The molecule has 0 spiro atoms. The monoisotopic (exact) mass is 600 g/mol. The molecule has 0 aromatic heterocycles. The van der Waals surface area contributed by atoms with Gasteiger partial charge in [-0.05, 0) is 137 Å². The molecule has 0 bridgehead atoms. The molecule has 248 valence electrons. The number of hydrogen-bond donors (Lipinski definition) is 3. The number of nitrogens with two attached hydrogens (primary N) is 2. The van der Waals surface area contributed by atoms with Crippen LogP contribution in [0.3, 0.4) is 0 Å². The molecule has 5 nitrogen and oxygen atoms in total. The Morgan fingerprint density at radius 2 is 1.67 bits per heavy atom. The number of esters is 1. The van der Waals surface area contributed by atoms with Crippen molar-refractivity contribution < 1.29 is 9.53 Å². The van der Waals surface area contributed by atoms with Crippen molar-refractivity contribution in [1.82, 2.24) is 5.32 Å². The van der Waals surface area contributed by atoms with Crippen LogP contribution in [-0.2, 0) is 9.53 Å². The average molecular weight is 600 g/mol. The van der Waals surface area contributed by atoms with Crippen LogP contribution in [-0.4, -0.2) is 37.7 Å². The van der Waals surface area contributed by atoms with Crippen LogP contribution in [0, 0.1) is 46.3 Å². The number of nitrogens with one attached hydrogen (secondary N) is 1. The van der Waals surface area contributed by atoms with E-state index in [0.717, 1.165) is 100.0 Å². The molecule has 4 rings (SSSR count). The lowest BCUT2D eigenvalue weighted by atomic mass is 9.47. The second-order valence-corrected chi connectivity index (χ2v) is 16.2. The number of carbonyl (C=O) groups excluding carboxylic acids is 1. The van der Waals surface area contributed by atoms with Gasteiger partial charge in [-0.25, -0.2) is 0 Å². The highest BCUT2D eigenvalue weighted by molar-refractivity contribution is 5.76. The number of ether oxygens (including phenoxy) is 1. The van der Waals surface area contributed by atoms with Crippen molar-refractivity contribution in [2.24, 2.45) is 57.8 Å². The molecule has 9 atom stereocenters. The third-order valence-electron chi connectivity index (χ3n) is 13.0. The normalized spacial score (nSPS) is 35.1. The Hall–Kier alpha value is -0.910. The topological polar surface area (TPSA) is 90.4 Å². The van der Waals surface area contributed by atoms with Gasteiger partial charge in [-0.1, -0.05) is 78.4 Å². The van der Waals surface area contributed by atoms with Crippen LogP contribution in [0.5, 0.6) is 0 Å². The lowest BCUT2D eigenvalue weighted by Crippen LogP contribution is -2.51. The fourth-order valence-electron chi connectivity index (χ4n) is 10.5. The van der Waals surface area contributed by atoms with Crippen molar-refractivity contribution in [2.45, 2.75) is 156 Å². The van der Waals surface area contributed by atoms with E-state index >= 15 is 0 Å². The van der Waals surface area contributed by atoms with Crippen molar-refractivity contribution in [3.05, 3.63) is 11.6 Å². The molecule has 4 aliphatic carbocycles. The number of carbonyl (C=O) groups is 1. The molecule has 3 fully saturated rings. The van der Waals surface area contributed by atoms with Gasteiger partial charge >= 0.3 is 5.97 Å². The molecular weight excluding hydrogens is 530 g/mol. The van der Waals surface area contributed by atoms with E-state index in [1.54, 1.807) is 5.57 Å². The summed E-state index contributed by atoms with van der Waals surface area (Å²) in [5.74, 6) is 5.06. The van der Waals surface area contributed by atoms with Gasteiger partial charge in [0.1, 0.15) is 12.1 Å². The molecule has 0 heterocycles. The van der Waals surface area contributed by atoms with E-state index in [2.05, 4.69) is 46.0 Å². The molecule has 1 unspecified atom stereocenters. The van der Waals surface area contributed by atoms with E-state index < -0.39 is 0 Å². The Labute approximate surface area is 265 Å². The first-order valence-electron chi connectivity index (χ1n) is 18.7. The smallest absolute Gasteiger partial charge is 0.323 e. The molecule has 4 aliphatic rings. The summed E-state index contributed by atoms with van der Waals surface area (Å²) in [4.78, 5) is 13.3. The van der Waals surface area contributed by atoms with Crippen LogP contribution < -0.4 is 16.8 Å².